The number of carbonyl (C=O) groups is 1. The molecule has 2 aromatic carbocycles. The lowest BCUT2D eigenvalue weighted by atomic mass is 10.0. The van der Waals surface area contributed by atoms with E-state index in [0.717, 1.165) is 17.3 Å². The molecular formula is C20H21F4N3O. The molecule has 0 fully saturated rings. The molecule has 2 aromatic rings. The molecule has 0 saturated heterocycles. The van der Waals surface area contributed by atoms with Crippen LogP contribution < -0.4 is 10.6 Å². The fourth-order valence-electron chi connectivity index (χ4n) is 3.34. The first-order chi connectivity index (χ1) is 13.2. The van der Waals surface area contributed by atoms with Gasteiger partial charge in [-0.15, -0.1) is 0 Å². The van der Waals surface area contributed by atoms with Gasteiger partial charge >= 0.3 is 0 Å². The highest BCUT2D eigenvalue weighted by atomic mass is 19.2. The van der Waals surface area contributed by atoms with Crippen molar-refractivity contribution in [3.63, 3.8) is 0 Å². The lowest BCUT2D eigenvalue weighted by molar-refractivity contribution is -0.132. The molecule has 0 saturated carbocycles. The Morgan fingerprint density at radius 1 is 1.07 bits per heavy atom. The lowest BCUT2D eigenvalue weighted by Crippen LogP contribution is -2.38. The van der Waals surface area contributed by atoms with E-state index in [1.807, 2.05) is 11.9 Å². The van der Waals surface area contributed by atoms with Crippen LogP contribution in [0.25, 0.3) is 0 Å². The number of anilines is 1. The number of amides is 1. The number of likely N-dealkylation sites (N-methyl/N-ethyl adjacent to an activating group) is 1. The Bertz CT molecular complexity index is 890. The number of nitrogens with two attached hydrogens (primary N) is 1. The van der Waals surface area contributed by atoms with Gasteiger partial charge in [0, 0.05) is 50.9 Å². The van der Waals surface area contributed by atoms with Crippen molar-refractivity contribution in [2.45, 2.75) is 25.4 Å². The van der Waals surface area contributed by atoms with Crippen molar-refractivity contribution in [3.05, 3.63) is 64.7 Å². The smallest absolute Gasteiger partial charge is 0.224 e. The predicted octanol–water partition coefficient (Wildman–Crippen LogP) is 2.98. The van der Waals surface area contributed by atoms with Crippen LogP contribution in [0.1, 0.15) is 17.5 Å². The fourth-order valence-corrected chi connectivity index (χ4v) is 3.34. The molecule has 0 radical (unpaired) electrons. The largest absolute Gasteiger partial charge is 0.372 e. The summed E-state index contributed by atoms with van der Waals surface area (Å²) in [4.78, 5) is 16.2. The van der Waals surface area contributed by atoms with Gasteiger partial charge < -0.3 is 15.5 Å². The standard InChI is InChI=1S/C20H21F4N3O/c1-26-4-5-27(11-12-2-3-14(21)8-19(12)26)20(28)9-15(25)6-13-7-17(23)18(24)10-16(13)22/h2-3,7-8,10,15H,4-6,9,11,25H2,1H3. The van der Waals surface area contributed by atoms with Crippen molar-refractivity contribution in [2.24, 2.45) is 5.73 Å². The topological polar surface area (TPSA) is 49.6 Å². The van der Waals surface area contributed by atoms with Crippen LogP contribution in [0.3, 0.4) is 0 Å². The molecule has 0 aliphatic carbocycles. The van der Waals surface area contributed by atoms with Crippen LogP contribution in [0.5, 0.6) is 0 Å². The third-order valence-electron chi connectivity index (χ3n) is 4.89. The third kappa shape index (κ3) is 4.44. The van der Waals surface area contributed by atoms with Gasteiger partial charge in [-0.25, -0.2) is 17.6 Å². The number of rotatable bonds is 4. The van der Waals surface area contributed by atoms with E-state index in [1.165, 1.54) is 12.1 Å². The Morgan fingerprint density at radius 3 is 2.54 bits per heavy atom. The zero-order valence-electron chi connectivity index (χ0n) is 15.4. The second-order valence-corrected chi connectivity index (χ2v) is 7.04. The summed E-state index contributed by atoms with van der Waals surface area (Å²) in [5, 5.41) is 0. The van der Waals surface area contributed by atoms with Crippen molar-refractivity contribution >= 4 is 11.6 Å². The minimum atomic E-state index is -1.27. The Hall–Kier alpha value is -2.61. The SMILES string of the molecule is CN1CCN(C(=O)CC(N)Cc2cc(F)c(F)cc2F)Cc2ccc(F)cc21. The normalized spacial score (nSPS) is 15.2. The zero-order valence-corrected chi connectivity index (χ0v) is 15.4. The molecule has 1 aliphatic rings. The number of benzene rings is 2. The molecule has 1 atom stereocenters. The number of fused-ring (bicyclic) bond motifs is 1. The van der Waals surface area contributed by atoms with E-state index in [9.17, 15) is 22.4 Å². The summed E-state index contributed by atoms with van der Waals surface area (Å²) >= 11 is 0. The molecule has 1 unspecified atom stereocenters. The fraction of sp³-hybridized carbons (Fsp3) is 0.350. The van der Waals surface area contributed by atoms with Crippen LogP contribution in [-0.4, -0.2) is 37.0 Å². The van der Waals surface area contributed by atoms with Gasteiger partial charge in [-0.3, -0.25) is 4.79 Å². The Balaban J connectivity index is 1.67. The van der Waals surface area contributed by atoms with E-state index in [4.69, 9.17) is 5.73 Å². The van der Waals surface area contributed by atoms with Crippen molar-refractivity contribution < 1.29 is 22.4 Å². The third-order valence-corrected chi connectivity index (χ3v) is 4.89. The van der Waals surface area contributed by atoms with Crippen molar-refractivity contribution in [1.82, 2.24) is 4.90 Å². The van der Waals surface area contributed by atoms with Gasteiger partial charge in [-0.2, -0.15) is 0 Å². The molecule has 4 nitrogen and oxygen atoms in total. The van der Waals surface area contributed by atoms with Gasteiger partial charge in [0.2, 0.25) is 5.91 Å². The maximum atomic E-state index is 13.8. The summed E-state index contributed by atoms with van der Waals surface area (Å²) in [6.45, 7) is 1.26. The first-order valence-electron chi connectivity index (χ1n) is 8.91. The Morgan fingerprint density at radius 2 is 1.79 bits per heavy atom. The van der Waals surface area contributed by atoms with Crippen LogP contribution in [0, 0.1) is 23.3 Å². The van der Waals surface area contributed by atoms with Crippen molar-refractivity contribution in [3.8, 4) is 0 Å². The number of carbonyl (C=O) groups excluding carboxylic acids is 1. The maximum Gasteiger partial charge on any atom is 0.224 e. The van der Waals surface area contributed by atoms with Crippen LogP contribution in [-0.2, 0) is 17.8 Å². The van der Waals surface area contributed by atoms with Crippen LogP contribution in [0.15, 0.2) is 30.3 Å². The number of halogens is 4. The number of hydrogen-bond acceptors (Lipinski definition) is 3. The van der Waals surface area contributed by atoms with Crippen LogP contribution in [0.2, 0.25) is 0 Å². The van der Waals surface area contributed by atoms with Gasteiger partial charge in [0.1, 0.15) is 11.6 Å². The van der Waals surface area contributed by atoms with Gasteiger partial charge in [0.05, 0.1) is 0 Å². The van der Waals surface area contributed by atoms with E-state index in [-0.39, 0.29) is 30.1 Å². The van der Waals surface area contributed by atoms with Gasteiger partial charge in [0.15, 0.2) is 11.6 Å². The second-order valence-electron chi connectivity index (χ2n) is 7.04. The highest BCUT2D eigenvalue weighted by Gasteiger charge is 2.24. The lowest BCUT2D eigenvalue weighted by Gasteiger charge is -2.23. The van der Waals surface area contributed by atoms with Gasteiger partial charge in [0.25, 0.3) is 0 Å². The van der Waals surface area contributed by atoms with Crippen LogP contribution in [0.4, 0.5) is 23.2 Å². The molecule has 1 amide bonds. The molecule has 0 spiro atoms. The quantitative estimate of drug-likeness (QED) is 0.640. The molecule has 8 heteroatoms. The first-order valence-corrected chi connectivity index (χ1v) is 8.91. The monoisotopic (exact) mass is 395 g/mol. The van der Waals surface area contributed by atoms with E-state index >= 15 is 0 Å². The van der Waals surface area contributed by atoms with Crippen LogP contribution >= 0.6 is 0 Å². The van der Waals surface area contributed by atoms with Gasteiger partial charge in [-0.1, -0.05) is 6.07 Å². The number of nitrogens with zero attached hydrogens (tertiary/aromatic N) is 2. The minimum absolute atomic E-state index is 0.0708. The summed E-state index contributed by atoms with van der Waals surface area (Å²) in [5.41, 5.74) is 7.43. The average molecular weight is 395 g/mol. The molecule has 1 heterocycles. The summed E-state index contributed by atoms with van der Waals surface area (Å²) in [6.07, 6.45) is -0.164. The summed E-state index contributed by atoms with van der Waals surface area (Å²) in [6, 6.07) is 4.91. The summed E-state index contributed by atoms with van der Waals surface area (Å²) in [7, 11) is 1.82. The molecule has 150 valence electrons. The van der Waals surface area contributed by atoms with E-state index in [2.05, 4.69) is 0 Å². The molecular weight excluding hydrogens is 374 g/mol. The van der Waals surface area contributed by atoms with E-state index in [0.29, 0.717) is 25.7 Å². The Labute approximate surface area is 160 Å². The van der Waals surface area contributed by atoms with E-state index in [1.54, 1.807) is 11.0 Å². The highest BCUT2D eigenvalue weighted by Crippen LogP contribution is 2.25. The molecule has 1 aliphatic heterocycles. The predicted molar refractivity (Wildman–Crippen MR) is 97.7 cm³/mol. The molecule has 28 heavy (non-hydrogen) atoms. The molecule has 3 rings (SSSR count). The number of hydrogen-bond donors (Lipinski definition) is 1. The Kier molecular flexibility index (Phi) is 5.88. The molecule has 2 N–H and O–H groups in total. The minimum Gasteiger partial charge on any atom is -0.372 e. The van der Waals surface area contributed by atoms with E-state index < -0.39 is 23.5 Å². The molecule has 0 aromatic heterocycles. The zero-order chi connectivity index (χ0) is 20.4. The highest BCUT2D eigenvalue weighted by molar-refractivity contribution is 5.77. The van der Waals surface area contributed by atoms with Crippen molar-refractivity contribution in [1.29, 1.82) is 0 Å². The van der Waals surface area contributed by atoms with Crippen molar-refractivity contribution in [2.75, 3.05) is 25.0 Å². The first kappa shape index (κ1) is 20.1. The molecule has 0 bridgehead atoms. The summed E-state index contributed by atoms with van der Waals surface area (Å²) in [5.74, 6) is -3.90. The summed E-state index contributed by atoms with van der Waals surface area (Å²) < 4.78 is 53.7. The second kappa shape index (κ2) is 8.18. The average Bonchev–Trinajstić information content (AvgIpc) is 2.79. The van der Waals surface area contributed by atoms with Gasteiger partial charge in [-0.05, 0) is 35.7 Å². The maximum absolute atomic E-state index is 13.8.